The van der Waals surface area contributed by atoms with Gasteiger partial charge in [0.15, 0.2) is 0 Å². The Labute approximate surface area is 183 Å². The molecule has 160 valence electrons. The zero-order valence-electron chi connectivity index (χ0n) is 18.1. The lowest BCUT2D eigenvalue weighted by Crippen LogP contribution is -2.29. The van der Waals surface area contributed by atoms with Crippen molar-refractivity contribution in [3.63, 3.8) is 0 Å². The molecule has 2 aromatic carbocycles. The monoisotopic (exact) mass is 435 g/mol. The summed E-state index contributed by atoms with van der Waals surface area (Å²) in [4.78, 5) is 18.9. The van der Waals surface area contributed by atoms with E-state index in [0.717, 1.165) is 39.9 Å². The van der Waals surface area contributed by atoms with E-state index in [9.17, 15) is 13.2 Å². The Kier molecular flexibility index (Phi) is 5.31. The Morgan fingerprint density at radius 1 is 0.968 bits per heavy atom. The van der Waals surface area contributed by atoms with Crippen molar-refractivity contribution in [2.75, 3.05) is 16.2 Å². The number of hydrogen-bond acceptors (Lipinski definition) is 4. The first-order chi connectivity index (χ1) is 14.7. The second-order valence-electron chi connectivity index (χ2n) is 7.98. The van der Waals surface area contributed by atoms with Crippen molar-refractivity contribution in [1.29, 1.82) is 0 Å². The molecule has 1 amide bonds. The molecule has 3 aromatic rings. The minimum Gasteiger partial charge on any atom is -0.308 e. The molecule has 1 aliphatic rings. The number of carbonyl (C=O) groups excluding carboxylic acids is 1. The van der Waals surface area contributed by atoms with Gasteiger partial charge in [-0.25, -0.2) is 8.42 Å². The molecule has 0 unspecified atom stereocenters. The van der Waals surface area contributed by atoms with Crippen LogP contribution >= 0.6 is 0 Å². The number of hydrogen-bond donors (Lipinski definition) is 1. The highest BCUT2D eigenvalue weighted by molar-refractivity contribution is 7.92. The first-order valence-corrected chi connectivity index (χ1v) is 11.6. The van der Waals surface area contributed by atoms with Gasteiger partial charge in [-0.15, -0.1) is 0 Å². The fourth-order valence-corrected chi connectivity index (χ4v) is 5.76. The predicted octanol–water partition coefficient (Wildman–Crippen LogP) is 4.32. The van der Waals surface area contributed by atoms with Crippen molar-refractivity contribution in [2.45, 2.75) is 39.0 Å². The average molecular weight is 436 g/mol. The van der Waals surface area contributed by atoms with Gasteiger partial charge >= 0.3 is 0 Å². The van der Waals surface area contributed by atoms with Gasteiger partial charge in [-0.2, -0.15) is 0 Å². The highest BCUT2D eigenvalue weighted by Gasteiger charge is 2.27. The first kappa shape index (κ1) is 21.1. The molecule has 0 aliphatic carbocycles. The lowest BCUT2D eigenvalue weighted by molar-refractivity contribution is 0.0989. The highest BCUT2D eigenvalue weighted by Crippen LogP contribution is 2.34. The first-order valence-electron chi connectivity index (χ1n) is 10.1. The van der Waals surface area contributed by atoms with Crippen molar-refractivity contribution in [3.05, 3.63) is 82.2 Å². The Balaban J connectivity index is 1.69. The van der Waals surface area contributed by atoms with Crippen LogP contribution in [0.5, 0.6) is 0 Å². The van der Waals surface area contributed by atoms with Gasteiger partial charge in [0.2, 0.25) is 0 Å². The molecule has 0 radical (unpaired) electrons. The number of nitrogens with zero attached hydrogens (tertiary/aromatic N) is 2. The molecule has 0 fully saturated rings. The van der Waals surface area contributed by atoms with Crippen molar-refractivity contribution in [1.82, 2.24) is 4.98 Å². The third-order valence-electron chi connectivity index (χ3n) is 5.97. The van der Waals surface area contributed by atoms with Crippen LogP contribution in [-0.2, 0) is 16.4 Å². The van der Waals surface area contributed by atoms with E-state index < -0.39 is 10.0 Å². The van der Waals surface area contributed by atoms with Crippen LogP contribution in [0.1, 0.15) is 38.2 Å². The summed E-state index contributed by atoms with van der Waals surface area (Å²) in [5.41, 5.74) is 6.09. The summed E-state index contributed by atoms with van der Waals surface area (Å²) in [7, 11) is -3.79. The fourth-order valence-electron chi connectivity index (χ4n) is 4.09. The van der Waals surface area contributed by atoms with Crippen LogP contribution in [0.4, 0.5) is 11.4 Å². The molecule has 1 aromatic heterocycles. The van der Waals surface area contributed by atoms with E-state index in [2.05, 4.69) is 9.71 Å². The van der Waals surface area contributed by atoms with Gasteiger partial charge in [-0.1, -0.05) is 12.1 Å². The second kappa shape index (κ2) is 7.81. The van der Waals surface area contributed by atoms with Crippen molar-refractivity contribution in [2.24, 2.45) is 0 Å². The average Bonchev–Trinajstić information content (AvgIpc) is 3.15. The normalized spacial score (nSPS) is 13.2. The zero-order chi connectivity index (χ0) is 22.3. The number of aromatic nitrogens is 1. The van der Waals surface area contributed by atoms with Crippen LogP contribution in [-0.4, -0.2) is 25.9 Å². The van der Waals surface area contributed by atoms with Crippen LogP contribution in [0.3, 0.4) is 0 Å². The van der Waals surface area contributed by atoms with Gasteiger partial charge in [-0.3, -0.25) is 14.5 Å². The van der Waals surface area contributed by atoms with Crippen molar-refractivity contribution in [3.8, 4) is 0 Å². The Hall–Kier alpha value is -3.19. The molecular weight excluding hydrogens is 410 g/mol. The third kappa shape index (κ3) is 3.81. The van der Waals surface area contributed by atoms with E-state index in [1.807, 2.05) is 39.8 Å². The molecule has 0 saturated heterocycles. The molecule has 0 bridgehead atoms. The lowest BCUT2D eigenvalue weighted by atomic mass is 10.0. The molecule has 1 aliphatic heterocycles. The molecule has 31 heavy (non-hydrogen) atoms. The summed E-state index contributed by atoms with van der Waals surface area (Å²) >= 11 is 0. The van der Waals surface area contributed by atoms with Crippen LogP contribution < -0.4 is 9.62 Å². The van der Waals surface area contributed by atoms with Crippen LogP contribution in [0.2, 0.25) is 0 Å². The number of nitrogens with one attached hydrogen (secondary N) is 1. The number of aryl methyl sites for hydroxylation is 2. The van der Waals surface area contributed by atoms with E-state index in [1.54, 1.807) is 41.6 Å². The Morgan fingerprint density at radius 2 is 1.61 bits per heavy atom. The number of amides is 1. The topological polar surface area (TPSA) is 79.4 Å². The van der Waals surface area contributed by atoms with Crippen molar-refractivity contribution < 1.29 is 13.2 Å². The molecule has 2 heterocycles. The number of carbonyl (C=O) groups is 1. The molecule has 1 N–H and O–H groups in total. The van der Waals surface area contributed by atoms with Gasteiger partial charge in [0.05, 0.1) is 10.6 Å². The maximum Gasteiger partial charge on any atom is 0.262 e. The Bertz CT molecular complexity index is 1260. The van der Waals surface area contributed by atoms with Crippen LogP contribution in [0.15, 0.2) is 53.7 Å². The standard InChI is InChI=1S/C24H25N3O3S/c1-15-13-16(2)18(4)23(17(15)3)31(29,30)26-21-6-5-19-9-12-27(22(19)14-21)24(28)20-7-10-25-11-8-20/h5-8,10-11,13-14,26H,9,12H2,1-4H3. The Morgan fingerprint density at radius 3 is 2.26 bits per heavy atom. The minimum atomic E-state index is -3.79. The van der Waals surface area contributed by atoms with E-state index in [-0.39, 0.29) is 5.91 Å². The van der Waals surface area contributed by atoms with E-state index in [4.69, 9.17) is 0 Å². The van der Waals surface area contributed by atoms with Gasteiger partial charge < -0.3 is 4.90 Å². The summed E-state index contributed by atoms with van der Waals surface area (Å²) in [5.74, 6) is -0.123. The van der Waals surface area contributed by atoms with Gasteiger partial charge in [0.25, 0.3) is 15.9 Å². The maximum atomic E-state index is 13.3. The number of benzene rings is 2. The van der Waals surface area contributed by atoms with E-state index >= 15 is 0 Å². The summed E-state index contributed by atoms with van der Waals surface area (Å²) in [6.45, 7) is 8.04. The molecule has 6 nitrogen and oxygen atoms in total. The number of anilines is 2. The zero-order valence-corrected chi connectivity index (χ0v) is 18.9. The fraction of sp³-hybridized carbons (Fsp3) is 0.250. The van der Waals surface area contributed by atoms with Crippen molar-refractivity contribution >= 4 is 27.3 Å². The quantitative estimate of drug-likeness (QED) is 0.662. The van der Waals surface area contributed by atoms with E-state index in [1.165, 1.54) is 0 Å². The van der Waals surface area contributed by atoms with Gasteiger partial charge in [-0.05, 0) is 86.2 Å². The number of pyridine rings is 1. The SMILES string of the molecule is Cc1cc(C)c(C)c(S(=O)(=O)Nc2ccc3c(c2)N(C(=O)c2ccncc2)CC3)c1C. The second-order valence-corrected chi connectivity index (χ2v) is 9.60. The van der Waals surface area contributed by atoms with Gasteiger partial charge in [0, 0.05) is 30.2 Å². The molecule has 0 atom stereocenters. The van der Waals surface area contributed by atoms with E-state index in [0.29, 0.717) is 22.7 Å². The summed E-state index contributed by atoms with van der Waals surface area (Å²) < 4.78 is 29.3. The van der Waals surface area contributed by atoms with Crippen LogP contribution in [0, 0.1) is 27.7 Å². The van der Waals surface area contributed by atoms with Gasteiger partial charge in [0.1, 0.15) is 0 Å². The summed E-state index contributed by atoms with van der Waals surface area (Å²) in [6, 6.07) is 10.7. The molecular formula is C24H25N3O3S. The smallest absolute Gasteiger partial charge is 0.262 e. The van der Waals surface area contributed by atoms with Crippen LogP contribution in [0.25, 0.3) is 0 Å². The molecule has 0 saturated carbocycles. The molecule has 0 spiro atoms. The predicted molar refractivity (Wildman–Crippen MR) is 122 cm³/mol. The summed E-state index contributed by atoms with van der Waals surface area (Å²) in [5, 5.41) is 0. The summed E-state index contributed by atoms with van der Waals surface area (Å²) in [6.07, 6.45) is 3.90. The maximum absolute atomic E-state index is 13.3. The minimum absolute atomic E-state index is 0.123. The number of fused-ring (bicyclic) bond motifs is 1. The highest BCUT2D eigenvalue weighted by atomic mass is 32.2. The molecule has 7 heteroatoms. The number of sulfonamides is 1. The largest absolute Gasteiger partial charge is 0.308 e. The number of rotatable bonds is 4. The molecule has 4 rings (SSSR count). The lowest BCUT2D eigenvalue weighted by Gasteiger charge is -2.19. The third-order valence-corrected chi connectivity index (χ3v) is 7.63.